The first-order valence-electron chi connectivity index (χ1n) is 7.93. The van der Waals surface area contributed by atoms with Gasteiger partial charge in [0, 0.05) is 23.6 Å². The molecule has 0 radical (unpaired) electrons. The highest BCUT2D eigenvalue weighted by Gasteiger charge is 2.28. The van der Waals surface area contributed by atoms with Gasteiger partial charge in [-0.25, -0.2) is 0 Å². The Morgan fingerprint density at radius 1 is 1.30 bits per heavy atom. The van der Waals surface area contributed by atoms with Crippen LogP contribution in [0, 0.1) is 12.8 Å². The average molecular weight is 337 g/mol. The van der Waals surface area contributed by atoms with Crippen LogP contribution in [0.4, 0.5) is 0 Å². The van der Waals surface area contributed by atoms with Crippen LogP contribution in [-0.2, 0) is 6.54 Å². The van der Waals surface area contributed by atoms with E-state index in [-0.39, 0.29) is 0 Å². The molecule has 3 rings (SSSR count). The van der Waals surface area contributed by atoms with E-state index in [1.165, 1.54) is 60.9 Å². The maximum atomic E-state index is 3.69. The molecule has 0 amide bonds. The Balaban J connectivity index is 1.60. The molecular formula is C17H25BrN2. The van der Waals surface area contributed by atoms with E-state index in [4.69, 9.17) is 0 Å². The Bertz CT molecular complexity index is 454. The van der Waals surface area contributed by atoms with E-state index in [0.717, 1.165) is 18.5 Å². The SMILES string of the molecule is Cc1cc(CN2CCCC(C3CCCN3)C2)ccc1Br. The van der Waals surface area contributed by atoms with Crippen molar-refractivity contribution in [2.75, 3.05) is 19.6 Å². The molecule has 1 aromatic rings. The summed E-state index contributed by atoms with van der Waals surface area (Å²) in [6.07, 6.45) is 5.52. The number of aryl methyl sites for hydroxylation is 1. The Labute approximate surface area is 131 Å². The zero-order chi connectivity index (χ0) is 13.9. The third-order valence-corrected chi connectivity index (χ3v) is 5.73. The van der Waals surface area contributed by atoms with Gasteiger partial charge in [-0.2, -0.15) is 0 Å². The van der Waals surface area contributed by atoms with Gasteiger partial charge in [0.2, 0.25) is 0 Å². The summed E-state index contributed by atoms with van der Waals surface area (Å²) in [5.41, 5.74) is 2.79. The van der Waals surface area contributed by atoms with Crippen molar-refractivity contribution in [2.45, 2.75) is 45.2 Å². The van der Waals surface area contributed by atoms with Crippen molar-refractivity contribution in [1.29, 1.82) is 0 Å². The Morgan fingerprint density at radius 3 is 2.95 bits per heavy atom. The number of rotatable bonds is 3. The largest absolute Gasteiger partial charge is 0.314 e. The first-order chi connectivity index (χ1) is 9.72. The molecule has 2 nitrogen and oxygen atoms in total. The van der Waals surface area contributed by atoms with Crippen molar-refractivity contribution in [1.82, 2.24) is 10.2 Å². The van der Waals surface area contributed by atoms with Gasteiger partial charge in [0.25, 0.3) is 0 Å². The summed E-state index contributed by atoms with van der Waals surface area (Å²) < 4.78 is 1.22. The van der Waals surface area contributed by atoms with Crippen LogP contribution in [-0.4, -0.2) is 30.6 Å². The minimum absolute atomic E-state index is 0.782. The summed E-state index contributed by atoms with van der Waals surface area (Å²) in [7, 11) is 0. The topological polar surface area (TPSA) is 15.3 Å². The lowest BCUT2D eigenvalue weighted by Gasteiger charge is -2.36. The second-order valence-electron chi connectivity index (χ2n) is 6.42. The molecule has 0 bridgehead atoms. The minimum atomic E-state index is 0.782. The molecule has 1 aromatic carbocycles. The van der Waals surface area contributed by atoms with E-state index >= 15 is 0 Å². The number of nitrogens with one attached hydrogen (secondary N) is 1. The highest BCUT2D eigenvalue weighted by molar-refractivity contribution is 9.10. The number of hydrogen-bond acceptors (Lipinski definition) is 2. The standard InChI is InChI=1S/C17H25BrN2/c1-13-10-14(6-7-16(13)18)11-20-9-3-4-15(12-20)17-5-2-8-19-17/h6-7,10,15,17,19H,2-5,8-9,11-12H2,1H3. The number of piperidine rings is 1. The molecule has 20 heavy (non-hydrogen) atoms. The van der Waals surface area contributed by atoms with Gasteiger partial charge in [0.1, 0.15) is 0 Å². The van der Waals surface area contributed by atoms with Gasteiger partial charge >= 0.3 is 0 Å². The van der Waals surface area contributed by atoms with Crippen molar-refractivity contribution in [3.05, 3.63) is 33.8 Å². The fourth-order valence-corrected chi connectivity index (χ4v) is 3.99. The molecule has 2 unspecified atom stereocenters. The number of likely N-dealkylation sites (tertiary alicyclic amines) is 1. The molecule has 0 spiro atoms. The maximum absolute atomic E-state index is 3.69. The number of hydrogen-bond donors (Lipinski definition) is 1. The summed E-state index contributed by atoms with van der Waals surface area (Å²) in [5, 5.41) is 3.69. The smallest absolute Gasteiger partial charge is 0.0233 e. The first-order valence-corrected chi connectivity index (χ1v) is 8.72. The second-order valence-corrected chi connectivity index (χ2v) is 7.28. The Kier molecular flexibility index (Phi) is 4.79. The van der Waals surface area contributed by atoms with E-state index in [9.17, 15) is 0 Å². The molecule has 2 heterocycles. The van der Waals surface area contributed by atoms with Crippen molar-refractivity contribution in [3.8, 4) is 0 Å². The highest BCUT2D eigenvalue weighted by atomic mass is 79.9. The van der Waals surface area contributed by atoms with Crippen molar-refractivity contribution < 1.29 is 0 Å². The van der Waals surface area contributed by atoms with Gasteiger partial charge in [-0.15, -0.1) is 0 Å². The van der Waals surface area contributed by atoms with Crippen LogP contribution in [0.15, 0.2) is 22.7 Å². The lowest BCUT2D eigenvalue weighted by Crippen LogP contribution is -2.43. The molecule has 2 aliphatic rings. The molecular weight excluding hydrogens is 312 g/mol. The molecule has 3 heteroatoms. The predicted molar refractivity (Wildman–Crippen MR) is 87.9 cm³/mol. The van der Waals surface area contributed by atoms with Gasteiger partial charge in [0.15, 0.2) is 0 Å². The highest BCUT2D eigenvalue weighted by Crippen LogP contribution is 2.26. The van der Waals surface area contributed by atoms with E-state index in [2.05, 4.69) is 51.3 Å². The summed E-state index contributed by atoms with van der Waals surface area (Å²) >= 11 is 3.59. The molecule has 0 aromatic heterocycles. The van der Waals surface area contributed by atoms with Crippen LogP contribution in [0.3, 0.4) is 0 Å². The van der Waals surface area contributed by atoms with Crippen LogP contribution in [0.25, 0.3) is 0 Å². The van der Waals surface area contributed by atoms with E-state index in [0.29, 0.717) is 0 Å². The number of benzene rings is 1. The van der Waals surface area contributed by atoms with E-state index in [1.807, 2.05) is 0 Å². The molecule has 2 aliphatic heterocycles. The fraction of sp³-hybridized carbons (Fsp3) is 0.647. The monoisotopic (exact) mass is 336 g/mol. The summed E-state index contributed by atoms with van der Waals surface area (Å²) in [4.78, 5) is 2.65. The quantitative estimate of drug-likeness (QED) is 0.904. The predicted octanol–water partition coefficient (Wildman–Crippen LogP) is 3.72. The average Bonchev–Trinajstić information content (AvgIpc) is 2.97. The van der Waals surface area contributed by atoms with E-state index < -0.39 is 0 Å². The van der Waals surface area contributed by atoms with Crippen molar-refractivity contribution >= 4 is 15.9 Å². The Morgan fingerprint density at radius 2 is 2.20 bits per heavy atom. The fourth-order valence-electron chi connectivity index (χ4n) is 3.74. The van der Waals surface area contributed by atoms with Crippen LogP contribution >= 0.6 is 15.9 Å². The van der Waals surface area contributed by atoms with Gasteiger partial charge in [0.05, 0.1) is 0 Å². The zero-order valence-electron chi connectivity index (χ0n) is 12.4. The number of halogens is 1. The van der Waals surface area contributed by atoms with E-state index in [1.54, 1.807) is 0 Å². The molecule has 2 fully saturated rings. The van der Waals surface area contributed by atoms with Crippen molar-refractivity contribution in [3.63, 3.8) is 0 Å². The van der Waals surface area contributed by atoms with Crippen LogP contribution in [0.1, 0.15) is 36.8 Å². The first kappa shape index (κ1) is 14.6. The summed E-state index contributed by atoms with van der Waals surface area (Å²) in [6, 6.07) is 7.55. The maximum Gasteiger partial charge on any atom is 0.0233 e. The van der Waals surface area contributed by atoms with Gasteiger partial charge in [-0.05, 0) is 68.8 Å². The molecule has 2 saturated heterocycles. The zero-order valence-corrected chi connectivity index (χ0v) is 14.0. The molecule has 2 atom stereocenters. The number of nitrogens with zero attached hydrogens (tertiary/aromatic N) is 1. The van der Waals surface area contributed by atoms with Crippen LogP contribution in [0.2, 0.25) is 0 Å². The van der Waals surface area contributed by atoms with Gasteiger partial charge < -0.3 is 5.32 Å². The molecule has 110 valence electrons. The normalized spacial score (nSPS) is 27.9. The van der Waals surface area contributed by atoms with Crippen LogP contribution < -0.4 is 5.32 Å². The van der Waals surface area contributed by atoms with Gasteiger partial charge in [-0.1, -0.05) is 28.1 Å². The third-order valence-electron chi connectivity index (χ3n) is 4.84. The minimum Gasteiger partial charge on any atom is -0.314 e. The second kappa shape index (κ2) is 6.59. The lowest BCUT2D eigenvalue weighted by atomic mass is 9.89. The molecule has 0 aliphatic carbocycles. The van der Waals surface area contributed by atoms with Crippen molar-refractivity contribution in [2.24, 2.45) is 5.92 Å². The van der Waals surface area contributed by atoms with Gasteiger partial charge in [-0.3, -0.25) is 4.90 Å². The summed E-state index contributed by atoms with van der Waals surface area (Å²) in [5.74, 6) is 0.864. The lowest BCUT2D eigenvalue weighted by molar-refractivity contribution is 0.145. The Hall–Kier alpha value is -0.380. The van der Waals surface area contributed by atoms with Crippen LogP contribution in [0.5, 0.6) is 0 Å². The molecule has 0 saturated carbocycles. The summed E-state index contributed by atoms with van der Waals surface area (Å²) in [6.45, 7) is 7.05. The third kappa shape index (κ3) is 3.44. The molecule has 1 N–H and O–H groups in total.